The maximum absolute atomic E-state index is 12.9. The molecule has 0 atom stereocenters. The van der Waals surface area contributed by atoms with E-state index in [-0.39, 0.29) is 11.5 Å². The van der Waals surface area contributed by atoms with Gasteiger partial charge < -0.3 is 4.74 Å². The first-order chi connectivity index (χ1) is 13.7. The molecule has 5 nitrogen and oxygen atoms in total. The van der Waals surface area contributed by atoms with Crippen molar-refractivity contribution in [1.82, 2.24) is 0 Å². The van der Waals surface area contributed by atoms with Crippen molar-refractivity contribution in [3.63, 3.8) is 0 Å². The van der Waals surface area contributed by atoms with Gasteiger partial charge in [-0.2, -0.15) is 5.10 Å². The van der Waals surface area contributed by atoms with Gasteiger partial charge in [-0.05, 0) is 6.07 Å². The van der Waals surface area contributed by atoms with Gasteiger partial charge in [0.25, 0.3) is 0 Å². The van der Waals surface area contributed by atoms with Crippen LogP contribution in [0.3, 0.4) is 0 Å². The van der Waals surface area contributed by atoms with E-state index in [0.29, 0.717) is 22.3 Å². The van der Waals surface area contributed by atoms with Crippen LogP contribution in [0.25, 0.3) is 0 Å². The third-order valence-corrected chi connectivity index (χ3v) is 4.02. The Morgan fingerprint density at radius 2 is 1.36 bits per heavy atom. The van der Waals surface area contributed by atoms with Gasteiger partial charge in [0, 0.05) is 16.7 Å². The fourth-order valence-corrected chi connectivity index (χ4v) is 2.61. The second-order valence-electron chi connectivity index (χ2n) is 5.83. The van der Waals surface area contributed by atoms with Gasteiger partial charge in [0.05, 0.1) is 18.9 Å². The monoisotopic (exact) mass is 370 g/mol. The molecule has 0 fully saturated rings. The Balaban J connectivity index is 1.98. The molecule has 28 heavy (non-hydrogen) atoms. The molecule has 0 aliphatic rings. The number of Topliss-reactive ketones (excluding diaryl/α,β-unsaturated/α-hetero) is 1. The number of hydrogen-bond acceptors (Lipinski definition) is 5. The summed E-state index contributed by atoms with van der Waals surface area (Å²) in [5.74, 6) is -0.695. The predicted octanol–water partition coefficient (Wildman–Crippen LogP) is 4.18. The molecule has 0 saturated carbocycles. The number of benzene rings is 3. The van der Waals surface area contributed by atoms with Crippen molar-refractivity contribution in [2.45, 2.75) is 0 Å². The molecule has 0 amide bonds. The van der Waals surface area contributed by atoms with Crippen LogP contribution in [-0.4, -0.2) is 30.8 Å². The highest BCUT2D eigenvalue weighted by Crippen LogP contribution is 2.11. The van der Waals surface area contributed by atoms with E-state index in [1.807, 2.05) is 24.3 Å². The minimum atomic E-state index is -0.463. The summed E-state index contributed by atoms with van der Waals surface area (Å²) >= 11 is 0. The molecular weight excluding hydrogens is 352 g/mol. The lowest BCUT2D eigenvalue weighted by atomic mass is 10.0. The van der Waals surface area contributed by atoms with Crippen LogP contribution in [0.5, 0.6) is 0 Å². The molecule has 0 aliphatic carbocycles. The number of nitrogens with zero attached hydrogens (tertiary/aromatic N) is 2. The molecule has 0 radical (unpaired) electrons. The van der Waals surface area contributed by atoms with E-state index >= 15 is 0 Å². The number of carbonyl (C=O) groups is 2. The Bertz CT molecular complexity index is 1030. The van der Waals surface area contributed by atoms with Crippen molar-refractivity contribution in [2.24, 2.45) is 10.2 Å². The summed E-state index contributed by atoms with van der Waals surface area (Å²) in [6.07, 6.45) is 1.44. The van der Waals surface area contributed by atoms with Gasteiger partial charge in [0.15, 0.2) is 0 Å². The molecule has 0 aliphatic heterocycles. The third kappa shape index (κ3) is 4.45. The van der Waals surface area contributed by atoms with Gasteiger partial charge in [-0.1, -0.05) is 78.9 Å². The van der Waals surface area contributed by atoms with Crippen molar-refractivity contribution in [2.75, 3.05) is 7.11 Å². The fraction of sp³-hybridized carbons (Fsp3) is 0.0435. The molecule has 0 spiro atoms. The normalized spacial score (nSPS) is 11.4. The molecule has 3 aromatic carbocycles. The highest BCUT2D eigenvalue weighted by Gasteiger charge is 2.16. The summed E-state index contributed by atoms with van der Waals surface area (Å²) in [4.78, 5) is 24.8. The molecule has 0 saturated heterocycles. The predicted molar refractivity (Wildman–Crippen MR) is 109 cm³/mol. The molecule has 3 aromatic rings. The molecule has 0 heterocycles. The van der Waals surface area contributed by atoms with Crippen LogP contribution in [0.1, 0.15) is 31.8 Å². The standard InChI is InChI=1S/C23H18N2O3/c1-28-23(27)20-15-9-8-14-19(20)16-24-25-21(17-10-4-2-5-11-17)22(26)18-12-6-3-7-13-18/h2-16H,1H3/b24-16?,25-21-. The number of ketones is 1. The average Bonchev–Trinajstić information content (AvgIpc) is 2.77. The van der Waals surface area contributed by atoms with Crippen molar-refractivity contribution in [3.05, 3.63) is 107 Å². The van der Waals surface area contributed by atoms with E-state index in [0.717, 1.165) is 0 Å². The van der Waals surface area contributed by atoms with Crippen LogP contribution in [0.2, 0.25) is 0 Å². The number of hydrogen-bond donors (Lipinski definition) is 0. The SMILES string of the molecule is COC(=O)c1ccccc1C=N/N=C(\C(=O)c1ccccc1)c1ccccc1. The average molecular weight is 370 g/mol. The Labute approximate surface area is 163 Å². The lowest BCUT2D eigenvalue weighted by Gasteiger charge is -2.05. The van der Waals surface area contributed by atoms with E-state index < -0.39 is 5.97 Å². The summed E-state index contributed by atoms with van der Waals surface area (Å²) in [7, 11) is 1.32. The highest BCUT2D eigenvalue weighted by molar-refractivity contribution is 6.51. The topological polar surface area (TPSA) is 68.1 Å². The molecule has 0 bridgehead atoms. The molecular formula is C23H18N2O3. The first-order valence-electron chi connectivity index (χ1n) is 8.64. The van der Waals surface area contributed by atoms with E-state index in [9.17, 15) is 9.59 Å². The van der Waals surface area contributed by atoms with Crippen LogP contribution in [0.15, 0.2) is 95.1 Å². The van der Waals surface area contributed by atoms with Gasteiger partial charge in [0.1, 0.15) is 5.71 Å². The maximum Gasteiger partial charge on any atom is 0.338 e. The lowest BCUT2D eigenvalue weighted by Crippen LogP contribution is -2.15. The Morgan fingerprint density at radius 3 is 2.00 bits per heavy atom. The minimum absolute atomic E-state index is 0.221. The summed E-state index contributed by atoms with van der Waals surface area (Å²) in [5.41, 5.74) is 2.33. The largest absolute Gasteiger partial charge is 0.465 e. The number of ether oxygens (including phenoxy) is 1. The lowest BCUT2D eigenvalue weighted by molar-refractivity contribution is 0.0600. The van der Waals surface area contributed by atoms with Gasteiger partial charge in [0.2, 0.25) is 5.78 Å². The van der Waals surface area contributed by atoms with Crippen molar-refractivity contribution in [1.29, 1.82) is 0 Å². The molecule has 0 aromatic heterocycles. The van der Waals surface area contributed by atoms with E-state index in [4.69, 9.17) is 4.74 Å². The molecule has 3 rings (SSSR count). The van der Waals surface area contributed by atoms with Gasteiger partial charge >= 0.3 is 5.97 Å². The van der Waals surface area contributed by atoms with Crippen LogP contribution < -0.4 is 0 Å². The first-order valence-corrected chi connectivity index (χ1v) is 8.64. The van der Waals surface area contributed by atoms with Gasteiger partial charge in [-0.25, -0.2) is 4.79 Å². The van der Waals surface area contributed by atoms with Gasteiger partial charge in [-0.15, -0.1) is 5.10 Å². The van der Waals surface area contributed by atoms with Crippen molar-refractivity contribution in [3.8, 4) is 0 Å². The van der Waals surface area contributed by atoms with Crippen LogP contribution in [-0.2, 0) is 4.74 Å². The number of rotatable bonds is 6. The highest BCUT2D eigenvalue weighted by atomic mass is 16.5. The Hall–Kier alpha value is -3.86. The fourth-order valence-electron chi connectivity index (χ4n) is 2.61. The number of esters is 1. The van der Waals surface area contributed by atoms with E-state index in [2.05, 4.69) is 10.2 Å². The summed E-state index contributed by atoms with van der Waals surface area (Å²) in [5, 5.41) is 8.25. The van der Waals surface area contributed by atoms with E-state index in [1.54, 1.807) is 60.7 Å². The summed E-state index contributed by atoms with van der Waals surface area (Å²) < 4.78 is 4.78. The second kappa shape index (κ2) is 9.19. The van der Waals surface area contributed by atoms with Crippen molar-refractivity contribution >= 4 is 23.7 Å². The smallest absolute Gasteiger partial charge is 0.338 e. The maximum atomic E-state index is 12.9. The first kappa shape index (κ1) is 18.9. The summed E-state index contributed by atoms with van der Waals surface area (Å²) in [6.45, 7) is 0. The second-order valence-corrected chi connectivity index (χ2v) is 5.83. The van der Waals surface area contributed by atoms with E-state index in [1.165, 1.54) is 13.3 Å². The molecule has 138 valence electrons. The summed E-state index contributed by atoms with van der Waals surface area (Å²) in [6, 6.07) is 24.9. The molecule has 0 N–H and O–H groups in total. The quantitative estimate of drug-likeness (QED) is 0.283. The molecule has 5 heteroatoms. The zero-order valence-corrected chi connectivity index (χ0v) is 15.3. The zero-order chi connectivity index (χ0) is 19.8. The zero-order valence-electron chi connectivity index (χ0n) is 15.3. The minimum Gasteiger partial charge on any atom is -0.465 e. The Morgan fingerprint density at radius 1 is 0.786 bits per heavy atom. The number of carbonyl (C=O) groups excluding carboxylic acids is 2. The van der Waals surface area contributed by atoms with Crippen LogP contribution >= 0.6 is 0 Å². The van der Waals surface area contributed by atoms with Crippen LogP contribution in [0, 0.1) is 0 Å². The third-order valence-electron chi connectivity index (χ3n) is 4.02. The van der Waals surface area contributed by atoms with Crippen molar-refractivity contribution < 1.29 is 14.3 Å². The Kier molecular flexibility index (Phi) is 6.21. The number of methoxy groups -OCH3 is 1. The van der Waals surface area contributed by atoms with Crippen LogP contribution in [0.4, 0.5) is 0 Å². The van der Waals surface area contributed by atoms with Gasteiger partial charge in [-0.3, -0.25) is 4.79 Å². The molecule has 0 unspecified atom stereocenters.